The van der Waals surface area contributed by atoms with E-state index in [1.165, 1.54) is 18.6 Å². The summed E-state index contributed by atoms with van der Waals surface area (Å²) in [5.74, 6) is -2.96. The molecule has 4 amide bonds. The Kier molecular flexibility index (Phi) is 12.2. The zero-order valence-electron chi connectivity index (χ0n) is 28.5. The number of amides is 4. The van der Waals surface area contributed by atoms with Gasteiger partial charge < -0.3 is 20.9 Å². The number of hydrogen-bond acceptors (Lipinski definition) is 8. The number of likely N-dealkylation sites (tertiary alicyclic amines) is 1. The van der Waals surface area contributed by atoms with Crippen LogP contribution in [-0.4, -0.2) is 80.8 Å². The van der Waals surface area contributed by atoms with Crippen LogP contribution < -0.4 is 16.0 Å². The van der Waals surface area contributed by atoms with E-state index in [0.717, 1.165) is 51.4 Å². The number of rotatable bonds is 13. The van der Waals surface area contributed by atoms with Gasteiger partial charge in [-0.25, -0.2) is 4.98 Å². The molecule has 6 atom stereocenters. The van der Waals surface area contributed by atoms with E-state index in [9.17, 15) is 28.8 Å². The standard InChI is InChI=1S/C35H52N6O6/c1-6-12-24(29(43)26(42)7-2)38-33(46)28-23-16-11-15-22(23)20-41(28)34(47)30(35(3,4)5)40-32(45)27(21-13-9-8-10-14-21)39-31(44)25-19-36-17-18-37-25/h17-19,21-24,27-28,30H,6-16,20H2,1-5H3,(H,38,46)(H,39,44)(H,40,45)/t22-,23-,24-,27-,28?,30+/m0/s1. The van der Waals surface area contributed by atoms with Crippen molar-refractivity contribution in [3.05, 3.63) is 24.3 Å². The summed E-state index contributed by atoms with van der Waals surface area (Å²) in [6.07, 6.45) is 12.3. The van der Waals surface area contributed by atoms with E-state index in [-0.39, 0.29) is 35.8 Å². The minimum absolute atomic E-state index is 0.0572. The van der Waals surface area contributed by atoms with E-state index in [2.05, 4.69) is 25.9 Å². The van der Waals surface area contributed by atoms with E-state index >= 15 is 0 Å². The lowest BCUT2D eigenvalue weighted by Gasteiger charge is -2.38. The van der Waals surface area contributed by atoms with Crippen LogP contribution in [0.15, 0.2) is 18.6 Å². The molecule has 2 heterocycles. The molecule has 3 fully saturated rings. The third kappa shape index (κ3) is 8.61. The van der Waals surface area contributed by atoms with Crippen LogP contribution in [0.5, 0.6) is 0 Å². The Balaban J connectivity index is 1.58. The summed E-state index contributed by atoms with van der Waals surface area (Å²) in [4.78, 5) is 90.5. The maximum atomic E-state index is 14.5. The third-order valence-corrected chi connectivity index (χ3v) is 10.1. The van der Waals surface area contributed by atoms with Gasteiger partial charge in [-0.1, -0.05) is 66.7 Å². The summed E-state index contributed by atoms with van der Waals surface area (Å²) in [6, 6.07) is -3.62. The molecule has 1 aromatic rings. The van der Waals surface area contributed by atoms with Crippen molar-refractivity contribution in [1.82, 2.24) is 30.8 Å². The SMILES string of the molecule is CCC[C@H](NC(=O)C1[C@H]2CCC[C@H]2CN1C(=O)[C@@H](NC(=O)[C@@H](NC(=O)c1cnccn1)C1CCCCC1)C(C)(C)C)C(=O)C(=O)CC. The van der Waals surface area contributed by atoms with Gasteiger partial charge in [-0.2, -0.15) is 0 Å². The molecule has 258 valence electrons. The highest BCUT2D eigenvalue weighted by molar-refractivity contribution is 6.39. The molecule has 0 radical (unpaired) electrons. The van der Waals surface area contributed by atoms with Crippen molar-refractivity contribution in [2.45, 2.75) is 129 Å². The van der Waals surface area contributed by atoms with Crippen molar-refractivity contribution in [1.29, 1.82) is 0 Å². The number of carbonyl (C=O) groups excluding carboxylic acids is 6. The molecule has 0 aromatic carbocycles. The van der Waals surface area contributed by atoms with Crippen molar-refractivity contribution in [2.24, 2.45) is 23.2 Å². The lowest BCUT2D eigenvalue weighted by Crippen LogP contribution is -2.62. The van der Waals surface area contributed by atoms with Crippen molar-refractivity contribution in [2.75, 3.05) is 6.54 Å². The summed E-state index contributed by atoms with van der Waals surface area (Å²) in [7, 11) is 0. The van der Waals surface area contributed by atoms with E-state index in [1.807, 2.05) is 27.7 Å². The molecule has 1 saturated heterocycles. The number of aromatic nitrogens is 2. The Morgan fingerprint density at radius 2 is 1.64 bits per heavy atom. The van der Waals surface area contributed by atoms with Crippen LogP contribution in [-0.2, 0) is 24.0 Å². The van der Waals surface area contributed by atoms with Crippen LogP contribution in [0, 0.1) is 23.2 Å². The Labute approximate surface area is 278 Å². The Morgan fingerprint density at radius 1 is 0.915 bits per heavy atom. The molecule has 0 bridgehead atoms. The summed E-state index contributed by atoms with van der Waals surface area (Å²) in [5.41, 5.74) is -0.631. The maximum absolute atomic E-state index is 14.5. The van der Waals surface area contributed by atoms with Crippen LogP contribution in [0.3, 0.4) is 0 Å². The number of ketones is 2. The predicted molar refractivity (Wildman–Crippen MR) is 175 cm³/mol. The normalized spacial score (nSPS) is 23.3. The van der Waals surface area contributed by atoms with Gasteiger partial charge in [0.15, 0.2) is 5.78 Å². The van der Waals surface area contributed by atoms with Gasteiger partial charge in [0.2, 0.25) is 23.5 Å². The zero-order valence-corrected chi connectivity index (χ0v) is 28.5. The molecule has 2 saturated carbocycles. The Bertz CT molecular complexity index is 1310. The molecule has 1 unspecified atom stereocenters. The minimum Gasteiger partial charge on any atom is -0.344 e. The fraction of sp³-hybridized carbons (Fsp3) is 0.714. The zero-order chi connectivity index (χ0) is 34.3. The van der Waals surface area contributed by atoms with Crippen LogP contribution >= 0.6 is 0 Å². The second-order valence-electron chi connectivity index (χ2n) is 14.5. The Morgan fingerprint density at radius 3 is 2.26 bits per heavy atom. The molecular formula is C35H52N6O6. The first-order chi connectivity index (χ1) is 22.4. The van der Waals surface area contributed by atoms with Gasteiger partial charge in [-0.3, -0.25) is 33.8 Å². The lowest BCUT2D eigenvalue weighted by atomic mass is 9.82. The van der Waals surface area contributed by atoms with Crippen LogP contribution in [0.25, 0.3) is 0 Å². The molecular weight excluding hydrogens is 600 g/mol. The van der Waals surface area contributed by atoms with Gasteiger partial charge in [-0.15, -0.1) is 0 Å². The first kappa shape index (κ1) is 36.1. The van der Waals surface area contributed by atoms with Gasteiger partial charge >= 0.3 is 0 Å². The average molecular weight is 653 g/mol. The largest absolute Gasteiger partial charge is 0.344 e. The molecule has 1 aromatic heterocycles. The van der Waals surface area contributed by atoms with Gasteiger partial charge in [0, 0.05) is 25.4 Å². The molecule has 4 rings (SSSR count). The molecule has 12 heteroatoms. The van der Waals surface area contributed by atoms with Crippen molar-refractivity contribution >= 4 is 35.2 Å². The number of carbonyl (C=O) groups is 6. The smallest absolute Gasteiger partial charge is 0.272 e. The van der Waals surface area contributed by atoms with Crippen molar-refractivity contribution < 1.29 is 28.8 Å². The first-order valence-electron chi connectivity index (χ1n) is 17.4. The second-order valence-corrected chi connectivity index (χ2v) is 14.5. The predicted octanol–water partition coefficient (Wildman–Crippen LogP) is 3.15. The lowest BCUT2D eigenvalue weighted by molar-refractivity contribution is -0.146. The fourth-order valence-corrected chi connectivity index (χ4v) is 7.59. The van der Waals surface area contributed by atoms with Gasteiger partial charge in [0.25, 0.3) is 5.91 Å². The van der Waals surface area contributed by atoms with Crippen LogP contribution in [0.2, 0.25) is 0 Å². The molecule has 47 heavy (non-hydrogen) atoms. The molecule has 3 aliphatic rings. The fourth-order valence-electron chi connectivity index (χ4n) is 7.59. The number of fused-ring (bicyclic) bond motifs is 1. The molecule has 2 aliphatic carbocycles. The summed E-state index contributed by atoms with van der Waals surface area (Å²) < 4.78 is 0. The number of hydrogen-bond donors (Lipinski definition) is 3. The van der Waals surface area contributed by atoms with E-state index in [1.54, 1.807) is 11.8 Å². The highest BCUT2D eigenvalue weighted by Crippen LogP contribution is 2.43. The van der Waals surface area contributed by atoms with Gasteiger partial charge in [0.05, 0.1) is 12.2 Å². The summed E-state index contributed by atoms with van der Waals surface area (Å²) in [6.45, 7) is 9.46. The van der Waals surface area contributed by atoms with Crippen molar-refractivity contribution in [3.63, 3.8) is 0 Å². The Hall–Kier alpha value is -3.70. The number of nitrogens with one attached hydrogen (secondary N) is 3. The van der Waals surface area contributed by atoms with Gasteiger partial charge in [0.1, 0.15) is 23.8 Å². The highest BCUT2D eigenvalue weighted by atomic mass is 16.2. The molecule has 0 spiro atoms. The second kappa shape index (κ2) is 15.9. The van der Waals surface area contributed by atoms with E-state index in [4.69, 9.17) is 0 Å². The highest BCUT2D eigenvalue weighted by Gasteiger charge is 2.52. The van der Waals surface area contributed by atoms with E-state index in [0.29, 0.717) is 19.4 Å². The maximum Gasteiger partial charge on any atom is 0.272 e. The van der Waals surface area contributed by atoms with Crippen molar-refractivity contribution in [3.8, 4) is 0 Å². The van der Waals surface area contributed by atoms with Crippen LogP contribution in [0.1, 0.15) is 116 Å². The molecule has 3 N–H and O–H groups in total. The number of Topliss-reactive ketones (excluding diaryl/α,β-unsaturated/α-hetero) is 2. The quantitative estimate of drug-likeness (QED) is 0.273. The average Bonchev–Trinajstić information content (AvgIpc) is 3.67. The summed E-state index contributed by atoms with van der Waals surface area (Å²) >= 11 is 0. The van der Waals surface area contributed by atoms with Crippen LogP contribution in [0.4, 0.5) is 0 Å². The van der Waals surface area contributed by atoms with Gasteiger partial charge in [-0.05, 0) is 55.3 Å². The molecule has 1 aliphatic heterocycles. The molecule has 12 nitrogen and oxygen atoms in total. The number of nitrogens with zero attached hydrogens (tertiary/aromatic N) is 3. The minimum atomic E-state index is -0.988. The first-order valence-corrected chi connectivity index (χ1v) is 17.4. The monoisotopic (exact) mass is 652 g/mol. The third-order valence-electron chi connectivity index (χ3n) is 10.1. The van der Waals surface area contributed by atoms with E-state index < -0.39 is 58.9 Å². The summed E-state index contributed by atoms with van der Waals surface area (Å²) in [5, 5.41) is 8.73. The topological polar surface area (TPSA) is 168 Å².